The predicted octanol–water partition coefficient (Wildman–Crippen LogP) is 2.04. The van der Waals surface area contributed by atoms with Gasteiger partial charge in [-0.3, -0.25) is 0 Å². The number of urea groups is 1. The summed E-state index contributed by atoms with van der Waals surface area (Å²) < 4.78 is 5.55. The summed E-state index contributed by atoms with van der Waals surface area (Å²) in [6, 6.07) is -0.0103. The summed E-state index contributed by atoms with van der Waals surface area (Å²) in [5.41, 5.74) is -0.448. The standard InChI is InChI=1S/C16H30N2O3/c1-5-16(6-2)12(9-13(16)21-4)17-14(20)18-15(3,10-19)11-7-8-11/h11-13,19H,5-10H2,1-4H3,(H2,17,18,20). The molecule has 5 nitrogen and oxygen atoms in total. The lowest BCUT2D eigenvalue weighted by Gasteiger charge is -2.55. The molecule has 2 saturated carbocycles. The third-order valence-corrected chi connectivity index (χ3v) is 5.90. The van der Waals surface area contributed by atoms with Crippen molar-refractivity contribution in [3.63, 3.8) is 0 Å². The Kier molecular flexibility index (Phi) is 4.83. The van der Waals surface area contributed by atoms with E-state index in [2.05, 4.69) is 24.5 Å². The Bertz CT molecular complexity index is 380. The molecule has 2 aliphatic carbocycles. The first-order valence-electron chi connectivity index (χ1n) is 8.18. The number of hydrogen-bond donors (Lipinski definition) is 3. The fourth-order valence-electron chi connectivity index (χ4n) is 3.92. The van der Waals surface area contributed by atoms with Crippen LogP contribution >= 0.6 is 0 Å². The molecule has 0 aromatic heterocycles. The molecule has 21 heavy (non-hydrogen) atoms. The van der Waals surface area contributed by atoms with Crippen molar-refractivity contribution >= 4 is 6.03 Å². The third kappa shape index (κ3) is 2.90. The highest BCUT2D eigenvalue weighted by molar-refractivity contribution is 5.75. The molecule has 0 aromatic carbocycles. The van der Waals surface area contributed by atoms with Crippen molar-refractivity contribution in [3.05, 3.63) is 0 Å². The van der Waals surface area contributed by atoms with E-state index in [0.29, 0.717) is 5.92 Å². The molecule has 5 heteroatoms. The lowest BCUT2D eigenvalue weighted by atomic mass is 9.58. The maximum Gasteiger partial charge on any atom is 0.315 e. The van der Waals surface area contributed by atoms with Crippen LogP contribution in [0.15, 0.2) is 0 Å². The molecular formula is C16H30N2O3. The number of methoxy groups -OCH3 is 1. The molecule has 0 aromatic rings. The molecule has 0 bridgehead atoms. The monoisotopic (exact) mass is 298 g/mol. The van der Waals surface area contributed by atoms with E-state index in [9.17, 15) is 9.90 Å². The molecule has 3 atom stereocenters. The Hall–Kier alpha value is -0.810. The second-order valence-corrected chi connectivity index (χ2v) is 6.90. The zero-order valence-electron chi connectivity index (χ0n) is 13.7. The van der Waals surface area contributed by atoms with E-state index < -0.39 is 5.54 Å². The van der Waals surface area contributed by atoms with Gasteiger partial charge < -0.3 is 20.5 Å². The van der Waals surface area contributed by atoms with Gasteiger partial charge >= 0.3 is 6.03 Å². The van der Waals surface area contributed by atoms with Crippen molar-refractivity contribution in [3.8, 4) is 0 Å². The molecule has 3 unspecified atom stereocenters. The first kappa shape index (κ1) is 16.6. The third-order valence-electron chi connectivity index (χ3n) is 5.90. The van der Waals surface area contributed by atoms with Gasteiger partial charge in [-0.1, -0.05) is 13.8 Å². The van der Waals surface area contributed by atoms with Crippen LogP contribution in [0.5, 0.6) is 0 Å². The van der Waals surface area contributed by atoms with Crippen molar-refractivity contribution in [1.29, 1.82) is 0 Å². The van der Waals surface area contributed by atoms with E-state index in [1.54, 1.807) is 7.11 Å². The van der Waals surface area contributed by atoms with E-state index in [4.69, 9.17) is 4.74 Å². The molecule has 0 saturated heterocycles. The second kappa shape index (κ2) is 6.13. The van der Waals surface area contributed by atoms with Crippen LogP contribution in [-0.4, -0.2) is 42.5 Å². The number of carbonyl (C=O) groups excluding carboxylic acids is 1. The average molecular weight is 298 g/mol. The van der Waals surface area contributed by atoms with Gasteiger partial charge in [-0.2, -0.15) is 0 Å². The number of carbonyl (C=O) groups is 1. The van der Waals surface area contributed by atoms with Crippen molar-refractivity contribution in [1.82, 2.24) is 10.6 Å². The number of rotatable bonds is 7. The summed E-state index contributed by atoms with van der Waals surface area (Å²) in [6.45, 7) is 6.23. The molecule has 2 aliphatic rings. The van der Waals surface area contributed by atoms with Crippen molar-refractivity contribution in [2.75, 3.05) is 13.7 Å². The highest BCUT2D eigenvalue weighted by Gasteiger charge is 2.54. The molecule has 2 rings (SSSR count). The molecule has 2 amide bonds. The molecule has 0 aliphatic heterocycles. The Morgan fingerprint density at radius 2 is 2.00 bits per heavy atom. The number of aliphatic hydroxyl groups is 1. The van der Waals surface area contributed by atoms with Gasteiger partial charge in [-0.25, -0.2) is 4.79 Å². The van der Waals surface area contributed by atoms with Crippen LogP contribution in [-0.2, 0) is 4.74 Å². The maximum absolute atomic E-state index is 12.3. The Morgan fingerprint density at radius 1 is 1.38 bits per heavy atom. The van der Waals surface area contributed by atoms with Gasteiger partial charge in [0.05, 0.1) is 18.2 Å². The van der Waals surface area contributed by atoms with Gasteiger partial charge in [-0.15, -0.1) is 0 Å². The van der Waals surface area contributed by atoms with E-state index in [-0.39, 0.29) is 30.2 Å². The van der Waals surface area contributed by atoms with Crippen molar-refractivity contribution in [2.45, 2.75) is 70.6 Å². The summed E-state index contributed by atoms with van der Waals surface area (Å²) >= 11 is 0. The minimum atomic E-state index is -0.490. The van der Waals surface area contributed by atoms with Crippen LogP contribution in [0.25, 0.3) is 0 Å². The number of amides is 2. The average Bonchev–Trinajstić information content (AvgIpc) is 3.29. The maximum atomic E-state index is 12.3. The fraction of sp³-hybridized carbons (Fsp3) is 0.938. The molecule has 0 spiro atoms. The van der Waals surface area contributed by atoms with Crippen LogP contribution in [0, 0.1) is 11.3 Å². The first-order valence-corrected chi connectivity index (χ1v) is 8.18. The Morgan fingerprint density at radius 3 is 2.43 bits per heavy atom. The SMILES string of the molecule is CCC1(CC)C(NC(=O)NC(C)(CO)C2CC2)CC1OC. The first-order chi connectivity index (χ1) is 9.95. The summed E-state index contributed by atoms with van der Waals surface area (Å²) in [4.78, 5) is 12.3. The van der Waals surface area contributed by atoms with Gasteiger partial charge in [0, 0.05) is 18.6 Å². The summed E-state index contributed by atoms with van der Waals surface area (Å²) in [5.74, 6) is 0.406. The lowest BCUT2D eigenvalue weighted by Crippen LogP contribution is -2.66. The van der Waals surface area contributed by atoms with Crippen LogP contribution in [0.3, 0.4) is 0 Å². The van der Waals surface area contributed by atoms with Gasteiger partial charge in [-0.05, 0) is 44.9 Å². The normalized spacial score (nSPS) is 30.1. The number of aliphatic hydroxyl groups excluding tert-OH is 1. The van der Waals surface area contributed by atoms with E-state index >= 15 is 0 Å². The highest BCUT2D eigenvalue weighted by atomic mass is 16.5. The van der Waals surface area contributed by atoms with Crippen molar-refractivity contribution < 1.29 is 14.6 Å². The minimum absolute atomic E-state index is 0.0108. The highest BCUT2D eigenvalue weighted by Crippen LogP contribution is 2.48. The molecular weight excluding hydrogens is 268 g/mol. The second-order valence-electron chi connectivity index (χ2n) is 6.90. The molecule has 0 radical (unpaired) electrons. The zero-order chi connectivity index (χ0) is 15.7. The van der Waals surface area contributed by atoms with E-state index in [0.717, 1.165) is 32.1 Å². The predicted molar refractivity (Wildman–Crippen MR) is 82.1 cm³/mol. The number of nitrogens with one attached hydrogen (secondary N) is 2. The van der Waals surface area contributed by atoms with Crippen LogP contribution < -0.4 is 10.6 Å². The van der Waals surface area contributed by atoms with Gasteiger partial charge in [0.2, 0.25) is 0 Å². The molecule has 2 fully saturated rings. The van der Waals surface area contributed by atoms with Gasteiger partial charge in [0.1, 0.15) is 0 Å². The largest absolute Gasteiger partial charge is 0.394 e. The van der Waals surface area contributed by atoms with Crippen LogP contribution in [0.1, 0.15) is 52.9 Å². The summed E-state index contributed by atoms with van der Waals surface area (Å²) in [5, 5.41) is 15.6. The van der Waals surface area contributed by atoms with Crippen molar-refractivity contribution in [2.24, 2.45) is 11.3 Å². The molecule has 3 N–H and O–H groups in total. The van der Waals surface area contributed by atoms with Crippen LogP contribution in [0.4, 0.5) is 4.79 Å². The summed E-state index contributed by atoms with van der Waals surface area (Å²) in [6.07, 6.45) is 5.25. The quantitative estimate of drug-likeness (QED) is 0.673. The zero-order valence-corrected chi connectivity index (χ0v) is 13.7. The summed E-state index contributed by atoms with van der Waals surface area (Å²) in [7, 11) is 1.75. The topological polar surface area (TPSA) is 70.6 Å². The number of hydrogen-bond acceptors (Lipinski definition) is 3. The van der Waals surface area contributed by atoms with E-state index in [1.807, 2.05) is 6.92 Å². The van der Waals surface area contributed by atoms with Gasteiger partial charge in [0.15, 0.2) is 0 Å². The smallest absolute Gasteiger partial charge is 0.315 e. The Labute approximate surface area is 127 Å². The fourth-order valence-corrected chi connectivity index (χ4v) is 3.92. The van der Waals surface area contributed by atoms with Crippen LogP contribution in [0.2, 0.25) is 0 Å². The Balaban J connectivity index is 1.93. The van der Waals surface area contributed by atoms with Gasteiger partial charge in [0.25, 0.3) is 0 Å². The van der Waals surface area contributed by atoms with E-state index in [1.165, 1.54) is 0 Å². The minimum Gasteiger partial charge on any atom is -0.394 e. The number of ether oxygens (including phenoxy) is 1. The molecule has 0 heterocycles. The lowest BCUT2D eigenvalue weighted by molar-refractivity contribution is -0.120. The molecule has 122 valence electrons.